The molecule has 0 bridgehead atoms. The zero-order valence-electron chi connectivity index (χ0n) is 14.8. The Labute approximate surface area is 135 Å². The Hall–Kier alpha value is -0.870. The van der Waals surface area contributed by atoms with Crippen molar-refractivity contribution in [1.82, 2.24) is 0 Å². The van der Waals surface area contributed by atoms with Crippen molar-refractivity contribution in [1.29, 1.82) is 0 Å². The lowest BCUT2D eigenvalue weighted by molar-refractivity contribution is -0.419. The first-order valence-electron chi connectivity index (χ1n) is 8.55. The fraction of sp³-hybridized carbons (Fsp3) is 0.833. The van der Waals surface area contributed by atoms with E-state index in [0.717, 1.165) is 32.1 Å². The van der Waals surface area contributed by atoms with Gasteiger partial charge in [0.1, 0.15) is 11.7 Å². The molecular weight excluding hydrogens is 280 g/mol. The summed E-state index contributed by atoms with van der Waals surface area (Å²) in [5.41, 5.74) is -0.286. The molecule has 0 radical (unpaired) electrons. The number of methoxy groups -OCH3 is 1. The molecule has 1 fully saturated rings. The van der Waals surface area contributed by atoms with Crippen LogP contribution in [0.3, 0.4) is 0 Å². The van der Waals surface area contributed by atoms with Crippen molar-refractivity contribution in [3.63, 3.8) is 0 Å². The third kappa shape index (κ3) is 5.73. The molecule has 1 saturated heterocycles. The smallest absolute Gasteiger partial charge is 0.308 e. The number of rotatable bonds is 8. The van der Waals surface area contributed by atoms with Crippen LogP contribution in [0.25, 0.3) is 0 Å². The van der Waals surface area contributed by atoms with Gasteiger partial charge in [0.2, 0.25) is 0 Å². The van der Waals surface area contributed by atoms with Crippen LogP contribution in [0.4, 0.5) is 0 Å². The molecule has 128 valence electrons. The Morgan fingerprint density at radius 1 is 1.41 bits per heavy atom. The summed E-state index contributed by atoms with van der Waals surface area (Å²) >= 11 is 0. The molecule has 0 saturated carbocycles. The van der Waals surface area contributed by atoms with Crippen molar-refractivity contribution in [3.8, 4) is 0 Å². The summed E-state index contributed by atoms with van der Waals surface area (Å²) in [6.07, 6.45) is 9.57. The van der Waals surface area contributed by atoms with Gasteiger partial charge in [-0.1, -0.05) is 39.3 Å². The predicted molar refractivity (Wildman–Crippen MR) is 87.2 cm³/mol. The van der Waals surface area contributed by atoms with Gasteiger partial charge in [-0.3, -0.25) is 4.79 Å². The largest absolute Gasteiger partial charge is 0.469 e. The topological polar surface area (TPSA) is 44.8 Å². The van der Waals surface area contributed by atoms with Gasteiger partial charge in [-0.15, -0.1) is 0 Å². The van der Waals surface area contributed by atoms with Crippen LogP contribution in [0.2, 0.25) is 0 Å². The quantitative estimate of drug-likeness (QED) is 0.378. The van der Waals surface area contributed by atoms with E-state index in [0.29, 0.717) is 11.8 Å². The molecule has 0 amide bonds. The zero-order valence-corrected chi connectivity index (χ0v) is 14.8. The van der Waals surface area contributed by atoms with Crippen LogP contribution in [0.15, 0.2) is 12.2 Å². The minimum Gasteiger partial charge on any atom is -0.469 e. The van der Waals surface area contributed by atoms with E-state index in [4.69, 9.17) is 14.5 Å². The number of hydrogen-bond donors (Lipinski definition) is 0. The number of ether oxygens (including phenoxy) is 1. The molecule has 1 heterocycles. The van der Waals surface area contributed by atoms with Crippen LogP contribution in [0, 0.1) is 11.8 Å². The molecule has 0 aromatic rings. The fourth-order valence-corrected chi connectivity index (χ4v) is 3.18. The van der Waals surface area contributed by atoms with Gasteiger partial charge < -0.3 is 4.74 Å². The maximum absolute atomic E-state index is 11.5. The minimum atomic E-state index is -0.286. The molecule has 0 aromatic carbocycles. The van der Waals surface area contributed by atoms with Crippen molar-refractivity contribution in [2.45, 2.75) is 77.9 Å². The minimum absolute atomic E-state index is 0.197. The maximum Gasteiger partial charge on any atom is 0.308 e. The van der Waals surface area contributed by atoms with Crippen molar-refractivity contribution in [3.05, 3.63) is 12.2 Å². The van der Waals surface area contributed by atoms with Gasteiger partial charge in [0.15, 0.2) is 0 Å². The van der Waals surface area contributed by atoms with Gasteiger partial charge >= 0.3 is 5.97 Å². The molecule has 1 rings (SSSR count). The fourth-order valence-electron chi connectivity index (χ4n) is 3.18. The van der Waals surface area contributed by atoms with E-state index in [2.05, 4.69) is 39.8 Å². The highest BCUT2D eigenvalue weighted by atomic mass is 17.2. The highest BCUT2D eigenvalue weighted by Gasteiger charge is 2.41. The summed E-state index contributed by atoms with van der Waals surface area (Å²) in [6, 6.07) is 0. The van der Waals surface area contributed by atoms with Gasteiger partial charge in [0, 0.05) is 0 Å². The summed E-state index contributed by atoms with van der Waals surface area (Å²) in [4.78, 5) is 22.8. The van der Waals surface area contributed by atoms with Gasteiger partial charge in [0.25, 0.3) is 0 Å². The lowest BCUT2D eigenvalue weighted by Gasteiger charge is -2.42. The Balaban J connectivity index is 2.66. The molecule has 22 heavy (non-hydrogen) atoms. The lowest BCUT2D eigenvalue weighted by atomic mass is 9.79. The number of carbonyl (C=O) groups excluding carboxylic acids is 1. The first kappa shape index (κ1) is 19.2. The van der Waals surface area contributed by atoms with Gasteiger partial charge in [0.05, 0.1) is 13.5 Å². The van der Waals surface area contributed by atoms with E-state index in [1.807, 2.05) is 0 Å². The van der Waals surface area contributed by atoms with E-state index in [9.17, 15) is 4.79 Å². The number of carbonyl (C=O) groups is 1. The third-order valence-electron chi connectivity index (χ3n) is 4.57. The van der Waals surface area contributed by atoms with E-state index in [1.165, 1.54) is 7.11 Å². The molecular formula is C18H32O4. The van der Waals surface area contributed by atoms with Gasteiger partial charge in [-0.2, -0.15) is 0 Å². The van der Waals surface area contributed by atoms with E-state index in [1.54, 1.807) is 0 Å². The Bertz CT molecular complexity index is 366. The van der Waals surface area contributed by atoms with Crippen LogP contribution in [-0.2, 0) is 19.3 Å². The molecule has 0 unspecified atom stereocenters. The molecule has 4 nitrogen and oxygen atoms in total. The molecule has 1 aliphatic heterocycles. The van der Waals surface area contributed by atoms with Gasteiger partial charge in [-0.05, 0) is 44.4 Å². The highest BCUT2D eigenvalue weighted by molar-refractivity contribution is 5.69. The van der Waals surface area contributed by atoms with Crippen molar-refractivity contribution in [2.75, 3.05) is 7.11 Å². The number of esters is 1. The average Bonchev–Trinajstić information content (AvgIpc) is 2.53. The number of hydrogen-bond acceptors (Lipinski definition) is 4. The molecule has 0 spiro atoms. The van der Waals surface area contributed by atoms with E-state index >= 15 is 0 Å². The second-order valence-electron chi connectivity index (χ2n) is 6.53. The van der Waals surface area contributed by atoms with Crippen molar-refractivity contribution < 1.29 is 19.3 Å². The molecule has 0 N–H and O–H groups in total. The van der Waals surface area contributed by atoms with Crippen LogP contribution in [-0.4, -0.2) is 24.8 Å². The normalized spacial score (nSPS) is 30.4. The second-order valence-corrected chi connectivity index (χ2v) is 6.53. The first-order chi connectivity index (χ1) is 10.5. The van der Waals surface area contributed by atoms with E-state index in [-0.39, 0.29) is 24.1 Å². The first-order valence-corrected chi connectivity index (χ1v) is 8.55. The van der Waals surface area contributed by atoms with Crippen LogP contribution >= 0.6 is 0 Å². The van der Waals surface area contributed by atoms with Crippen LogP contribution in [0.5, 0.6) is 0 Å². The summed E-state index contributed by atoms with van der Waals surface area (Å²) in [5.74, 6) is 0.585. The highest BCUT2D eigenvalue weighted by Crippen LogP contribution is 2.39. The summed E-state index contributed by atoms with van der Waals surface area (Å²) < 4.78 is 4.74. The molecule has 1 aliphatic rings. The van der Waals surface area contributed by atoms with Crippen molar-refractivity contribution >= 4 is 5.97 Å². The van der Waals surface area contributed by atoms with Crippen LogP contribution < -0.4 is 0 Å². The lowest BCUT2D eigenvalue weighted by Crippen LogP contribution is -2.45. The van der Waals surface area contributed by atoms with Crippen LogP contribution in [0.1, 0.15) is 66.2 Å². The summed E-state index contributed by atoms with van der Waals surface area (Å²) in [7, 11) is 1.41. The second kappa shape index (κ2) is 9.31. The number of allylic oxidation sites excluding steroid dienone is 2. The van der Waals surface area contributed by atoms with E-state index < -0.39 is 0 Å². The Morgan fingerprint density at radius 3 is 2.68 bits per heavy atom. The maximum atomic E-state index is 11.5. The Kier molecular flexibility index (Phi) is 8.12. The predicted octanol–water partition coefficient (Wildman–Crippen LogP) is 4.44. The standard InChI is InChI=1S/C18H32O4/c1-6-9-10-14(7-2)12-18(4)13-15(8-3)16(21-22-18)11-17(19)20-5/h9-10,14-16H,6-8,11-13H2,1-5H3/b10-9+/t14-,15+,16+,18-/m0/s1. The average molecular weight is 312 g/mol. The SMILES string of the molecule is CC/C=C/[C@H](CC)C[C@@]1(C)C[C@@H](CC)[C@@H](CC(=O)OC)OO1. The van der Waals surface area contributed by atoms with Crippen molar-refractivity contribution in [2.24, 2.45) is 11.8 Å². The molecule has 4 heteroatoms. The molecule has 4 atom stereocenters. The Morgan fingerprint density at radius 2 is 2.14 bits per heavy atom. The van der Waals surface area contributed by atoms with Gasteiger partial charge in [-0.25, -0.2) is 9.78 Å². The summed E-state index contributed by atoms with van der Waals surface area (Å²) in [6.45, 7) is 8.61. The third-order valence-corrected chi connectivity index (χ3v) is 4.57. The molecule has 0 aliphatic carbocycles. The summed E-state index contributed by atoms with van der Waals surface area (Å²) in [5, 5.41) is 0. The zero-order chi connectivity index (χ0) is 16.6. The monoisotopic (exact) mass is 312 g/mol. The molecule has 0 aromatic heterocycles.